The van der Waals surface area contributed by atoms with Gasteiger partial charge in [0.05, 0.1) is 11.7 Å². The molecule has 1 aliphatic rings. The highest BCUT2D eigenvalue weighted by molar-refractivity contribution is 7.10. The Morgan fingerprint density at radius 3 is 3.12 bits per heavy atom. The standard InChI is InChI=1S/C12H18N2O2S/c1-8-9(2-3-16-8)5-14-6-11-4-10(7-17-11)12(13)15/h4,7-9,14H,2-3,5-6H2,1H3,(H2,13,15). The van der Waals surface area contributed by atoms with E-state index in [-0.39, 0.29) is 5.91 Å². The Kier molecular flexibility index (Phi) is 4.15. The minimum Gasteiger partial charge on any atom is -0.378 e. The lowest BCUT2D eigenvalue weighted by Gasteiger charge is -2.14. The summed E-state index contributed by atoms with van der Waals surface area (Å²) < 4.78 is 5.51. The summed E-state index contributed by atoms with van der Waals surface area (Å²) in [6.45, 7) is 4.75. The highest BCUT2D eigenvalue weighted by Gasteiger charge is 2.23. The summed E-state index contributed by atoms with van der Waals surface area (Å²) in [5.41, 5.74) is 5.81. The highest BCUT2D eigenvalue weighted by atomic mass is 32.1. The van der Waals surface area contributed by atoms with Crippen LogP contribution in [0.3, 0.4) is 0 Å². The first-order valence-corrected chi connectivity index (χ1v) is 6.74. The van der Waals surface area contributed by atoms with E-state index in [0.29, 0.717) is 17.6 Å². The summed E-state index contributed by atoms with van der Waals surface area (Å²) in [6, 6.07) is 1.86. The topological polar surface area (TPSA) is 64.3 Å². The Morgan fingerprint density at radius 1 is 1.71 bits per heavy atom. The van der Waals surface area contributed by atoms with Crippen LogP contribution in [0, 0.1) is 5.92 Å². The molecule has 1 fully saturated rings. The number of rotatable bonds is 5. The molecule has 0 aromatic carbocycles. The van der Waals surface area contributed by atoms with Gasteiger partial charge in [-0.05, 0) is 25.3 Å². The monoisotopic (exact) mass is 254 g/mol. The van der Waals surface area contributed by atoms with E-state index in [1.54, 1.807) is 16.7 Å². The van der Waals surface area contributed by atoms with Crippen molar-refractivity contribution in [1.29, 1.82) is 0 Å². The Bertz CT molecular complexity index is 392. The quantitative estimate of drug-likeness (QED) is 0.834. The summed E-state index contributed by atoms with van der Waals surface area (Å²) in [4.78, 5) is 12.1. The molecular formula is C12H18N2O2S. The molecule has 0 spiro atoms. The molecule has 94 valence electrons. The van der Waals surface area contributed by atoms with Crippen LogP contribution in [0.25, 0.3) is 0 Å². The largest absolute Gasteiger partial charge is 0.378 e. The average molecular weight is 254 g/mol. The van der Waals surface area contributed by atoms with Crippen molar-refractivity contribution in [3.8, 4) is 0 Å². The van der Waals surface area contributed by atoms with Gasteiger partial charge >= 0.3 is 0 Å². The molecule has 5 heteroatoms. The third-order valence-corrected chi connectivity index (χ3v) is 4.11. The van der Waals surface area contributed by atoms with Crippen LogP contribution in [0.2, 0.25) is 0 Å². The number of hydrogen-bond donors (Lipinski definition) is 2. The number of nitrogens with two attached hydrogens (primary N) is 1. The molecule has 2 rings (SSSR count). The van der Waals surface area contributed by atoms with Crippen molar-refractivity contribution >= 4 is 17.2 Å². The van der Waals surface area contributed by atoms with Crippen molar-refractivity contribution in [3.63, 3.8) is 0 Å². The molecule has 1 aromatic rings. The predicted octanol–water partition coefficient (Wildman–Crippen LogP) is 1.36. The first-order valence-electron chi connectivity index (χ1n) is 5.86. The van der Waals surface area contributed by atoms with E-state index >= 15 is 0 Å². The van der Waals surface area contributed by atoms with E-state index in [0.717, 1.165) is 31.0 Å². The normalized spacial score (nSPS) is 24.1. The van der Waals surface area contributed by atoms with Crippen LogP contribution in [0.4, 0.5) is 0 Å². The molecule has 4 nitrogen and oxygen atoms in total. The molecule has 2 heterocycles. The van der Waals surface area contributed by atoms with Gasteiger partial charge in [0.15, 0.2) is 0 Å². The number of ether oxygens (including phenoxy) is 1. The van der Waals surface area contributed by atoms with Gasteiger partial charge in [-0.15, -0.1) is 11.3 Å². The number of carbonyl (C=O) groups is 1. The van der Waals surface area contributed by atoms with Crippen molar-refractivity contribution in [2.45, 2.75) is 26.0 Å². The van der Waals surface area contributed by atoms with Gasteiger partial charge in [-0.1, -0.05) is 0 Å². The van der Waals surface area contributed by atoms with Gasteiger partial charge in [0.25, 0.3) is 0 Å². The minimum atomic E-state index is -0.356. The third kappa shape index (κ3) is 3.28. The van der Waals surface area contributed by atoms with Gasteiger partial charge in [0, 0.05) is 30.0 Å². The molecule has 3 N–H and O–H groups in total. The molecule has 1 saturated heterocycles. The molecule has 0 aliphatic carbocycles. The van der Waals surface area contributed by atoms with E-state index in [1.165, 1.54) is 0 Å². The summed E-state index contributed by atoms with van der Waals surface area (Å²) in [7, 11) is 0. The number of primary amides is 1. The summed E-state index contributed by atoms with van der Waals surface area (Å²) >= 11 is 1.57. The fraction of sp³-hybridized carbons (Fsp3) is 0.583. The zero-order chi connectivity index (χ0) is 12.3. The zero-order valence-corrected chi connectivity index (χ0v) is 10.8. The maximum Gasteiger partial charge on any atom is 0.249 e. The van der Waals surface area contributed by atoms with Crippen molar-refractivity contribution in [3.05, 3.63) is 21.9 Å². The number of thiophene rings is 1. The van der Waals surface area contributed by atoms with E-state index < -0.39 is 0 Å². The maximum absolute atomic E-state index is 10.9. The summed E-state index contributed by atoms with van der Waals surface area (Å²) in [5.74, 6) is 0.246. The van der Waals surface area contributed by atoms with E-state index in [2.05, 4.69) is 12.2 Å². The molecular weight excluding hydrogens is 236 g/mol. The van der Waals surface area contributed by atoms with Gasteiger partial charge in [-0.25, -0.2) is 0 Å². The molecule has 0 saturated carbocycles. The van der Waals surface area contributed by atoms with Gasteiger partial charge in [-0.2, -0.15) is 0 Å². The van der Waals surface area contributed by atoms with Crippen LogP contribution in [0.5, 0.6) is 0 Å². The third-order valence-electron chi connectivity index (χ3n) is 3.18. The molecule has 1 aliphatic heterocycles. The Balaban J connectivity index is 1.76. The minimum absolute atomic E-state index is 0.354. The molecule has 0 bridgehead atoms. The van der Waals surface area contributed by atoms with Crippen molar-refractivity contribution in [2.24, 2.45) is 11.7 Å². The second-order valence-corrected chi connectivity index (χ2v) is 5.42. The lowest BCUT2D eigenvalue weighted by molar-refractivity contribution is 0.100. The summed E-state index contributed by atoms with van der Waals surface area (Å²) in [6.07, 6.45) is 1.48. The summed E-state index contributed by atoms with van der Waals surface area (Å²) in [5, 5.41) is 5.21. The maximum atomic E-state index is 10.9. The Morgan fingerprint density at radius 2 is 2.53 bits per heavy atom. The molecule has 2 unspecified atom stereocenters. The fourth-order valence-electron chi connectivity index (χ4n) is 2.03. The van der Waals surface area contributed by atoms with Crippen LogP contribution < -0.4 is 11.1 Å². The second kappa shape index (κ2) is 5.62. The average Bonchev–Trinajstić information content (AvgIpc) is 2.89. The van der Waals surface area contributed by atoms with Crippen LogP contribution in [0.15, 0.2) is 11.4 Å². The Labute approximate surface area is 105 Å². The second-order valence-electron chi connectivity index (χ2n) is 4.42. The number of amides is 1. The van der Waals surface area contributed by atoms with Crippen molar-refractivity contribution < 1.29 is 9.53 Å². The molecule has 2 atom stereocenters. The van der Waals surface area contributed by atoms with Crippen LogP contribution >= 0.6 is 11.3 Å². The van der Waals surface area contributed by atoms with Crippen LogP contribution in [-0.2, 0) is 11.3 Å². The first-order chi connectivity index (χ1) is 8.16. The van der Waals surface area contributed by atoms with Gasteiger partial charge in [0.1, 0.15) is 0 Å². The van der Waals surface area contributed by atoms with E-state index in [9.17, 15) is 4.79 Å². The first kappa shape index (κ1) is 12.5. The van der Waals surface area contributed by atoms with E-state index in [4.69, 9.17) is 10.5 Å². The number of nitrogens with one attached hydrogen (secondary N) is 1. The van der Waals surface area contributed by atoms with Gasteiger partial charge in [-0.3, -0.25) is 4.79 Å². The smallest absolute Gasteiger partial charge is 0.249 e. The molecule has 0 radical (unpaired) electrons. The zero-order valence-electron chi connectivity index (χ0n) is 9.94. The SMILES string of the molecule is CC1OCCC1CNCc1cc(C(N)=O)cs1. The number of hydrogen-bond acceptors (Lipinski definition) is 4. The lowest BCUT2D eigenvalue weighted by atomic mass is 10.0. The Hall–Kier alpha value is -0.910. The molecule has 1 amide bonds. The lowest BCUT2D eigenvalue weighted by Crippen LogP contribution is -2.26. The van der Waals surface area contributed by atoms with Crippen molar-refractivity contribution in [2.75, 3.05) is 13.2 Å². The predicted molar refractivity (Wildman–Crippen MR) is 68.1 cm³/mol. The van der Waals surface area contributed by atoms with Crippen LogP contribution in [0.1, 0.15) is 28.6 Å². The molecule has 1 aromatic heterocycles. The van der Waals surface area contributed by atoms with E-state index in [1.807, 2.05) is 6.07 Å². The van der Waals surface area contributed by atoms with Gasteiger partial charge < -0.3 is 15.8 Å². The molecule has 17 heavy (non-hydrogen) atoms. The van der Waals surface area contributed by atoms with Gasteiger partial charge in [0.2, 0.25) is 5.91 Å². The fourth-order valence-corrected chi connectivity index (χ4v) is 2.87. The van der Waals surface area contributed by atoms with Crippen molar-refractivity contribution in [1.82, 2.24) is 5.32 Å². The highest BCUT2D eigenvalue weighted by Crippen LogP contribution is 2.20. The van der Waals surface area contributed by atoms with Crippen LogP contribution in [-0.4, -0.2) is 25.2 Å². The number of carbonyl (C=O) groups excluding carboxylic acids is 1.